The Labute approximate surface area is 109 Å². The maximum Gasteiger partial charge on any atom is 0.403 e. The van der Waals surface area contributed by atoms with Crippen molar-refractivity contribution in [2.45, 2.75) is 25.6 Å². The number of nitrogens with zero attached hydrogens (tertiary/aromatic N) is 2. The first-order chi connectivity index (χ1) is 8.48. The molecule has 0 aromatic carbocycles. The van der Waals surface area contributed by atoms with Gasteiger partial charge in [-0.3, -0.25) is 14.5 Å². The highest BCUT2D eigenvalue weighted by molar-refractivity contribution is 5.86. The number of halogens is 3. The maximum atomic E-state index is 12.6. The van der Waals surface area contributed by atoms with Crippen molar-refractivity contribution in [1.29, 1.82) is 0 Å². The van der Waals surface area contributed by atoms with Crippen LogP contribution in [0.5, 0.6) is 0 Å². The van der Waals surface area contributed by atoms with Crippen molar-refractivity contribution < 1.29 is 27.9 Å². The quantitative estimate of drug-likeness (QED) is 0.832. The number of likely N-dealkylation sites (N-methyl/N-ethyl adjacent to an activating group) is 1. The van der Waals surface area contributed by atoms with Gasteiger partial charge in [0.2, 0.25) is 5.91 Å². The first kappa shape index (κ1) is 15.7. The van der Waals surface area contributed by atoms with Crippen LogP contribution in [0.1, 0.15) is 13.8 Å². The predicted molar refractivity (Wildman–Crippen MR) is 60.5 cm³/mol. The topological polar surface area (TPSA) is 60.9 Å². The molecule has 19 heavy (non-hydrogen) atoms. The Morgan fingerprint density at radius 3 is 2.37 bits per heavy atom. The summed E-state index contributed by atoms with van der Waals surface area (Å²) >= 11 is 0. The number of rotatable bonds is 3. The molecule has 0 aromatic rings. The first-order valence-corrected chi connectivity index (χ1v) is 5.78. The van der Waals surface area contributed by atoms with Gasteiger partial charge in [-0.15, -0.1) is 0 Å². The Balaban J connectivity index is 2.91. The zero-order chi connectivity index (χ0) is 15.0. The molecule has 110 valence electrons. The summed E-state index contributed by atoms with van der Waals surface area (Å²) in [6.07, 6.45) is -4.83. The third-order valence-electron chi connectivity index (χ3n) is 3.46. The van der Waals surface area contributed by atoms with Crippen LogP contribution in [0.4, 0.5) is 13.2 Å². The Morgan fingerprint density at radius 2 is 1.95 bits per heavy atom. The largest absolute Gasteiger partial charge is 0.481 e. The van der Waals surface area contributed by atoms with Crippen LogP contribution in [-0.4, -0.2) is 65.2 Å². The van der Waals surface area contributed by atoms with Gasteiger partial charge in [0.05, 0.1) is 5.54 Å². The Bertz CT molecular complexity index is 382. The minimum absolute atomic E-state index is 0.217. The zero-order valence-electron chi connectivity index (χ0n) is 11.0. The molecule has 1 unspecified atom stereocenters. The van der Waals surface area contributed by atoms with Gasteiger partial charge < -0.3 is 10.0 Å². The van der Waals surface area contributed by atoms with Gasteiger partial charge in [-0.05, 0) is 13.8 Å². The zero-order valence-corrected chi connectivity index (χ0v) is 11.0. The van der Waals surface area contributed by atoms with Crippen LogP contribution >= 0.6 is 0 Å². The molecule has 5 nitrogen and oxygen atoms in total. The summed E-state index contributed by atoms with van der Waals surface area (Å²) in [4.78, 5) is 25.4. The van der Waals surface area contributed by atoms with E-state index in [1.54, 1.807) is 7.05 Å². The highest BCUT2D eigenvalue weighted by atomic mass is 19.4. The molecule has 1 aliphatic heterocycles. The lowest BCUT2D eigenvalue weighted by Gasteiger charge is -2.45. The van der Waals surface area contributed by atoms with Crippen molar-refractivity contribution in [1.82, 2.24) is 9.80 Å². The minimum Gasteiger partial charge on any atom is -0.481 e. The lowest BCUT2D eigenvalue weighted by atomic mass is 9.95. The van der Waals surface area contributed by atoms with Crippen molar-refractivity contribution in [2.75, 3.05) is 26.7 Å². The standard InChI is InChI=1S/C11H17F3N2O3/c1-10(2)9(19)15(3)4-5-16(10)6-7(8(17)18)11(12,13)14/h7H,4-6H2,1-3H3,(H,17,18). The van der Waals surface area contributed by atoms with E-state index in [0.29, 0.717) is 0 Å². The van der Waals surface area contributed by atoms with Crippen molar-refractivity contribution in [3.63, 3.8) is 0 Å². The molecule has 1 saturated heterocycles. The summed E-state index contributed by atoms with van der Waals surface area (Å²) in [5, 5.41) is 8.69. The Morgan fingerprint density at radius 1 is 1.42 bits per heavy atom. The van der Waals surface area contributed by atoms with E-state index in [1.807, 2.05) is 0 Å². The van der Waals surface area contributed by atoms with Crippen molar-refractivity contribution in [3.05, 3.63) is 0 Å². The molecule has 1 rings (SSSR count). The summed E-state index contributed by atoms with van der Waals surface area (Å²) in [6.45, 7) is 2.79. The number of carboxylic acid groups (broad SMARTS) is 1. The highest BCUT2D eigenvalue weighted by Crippen LogP contribution is 2.30. The number of carbonyl (C=O) groups is 2. The third-order valence-corrected chi connectivity index (χ3v) is 3.46. The lowest BCUT2D eigenvalue weighted by Crippen LogP contribution is -2.63. The molecular weight excluding hydrogens is 265 g/mol. The molecular formula is C11H17F3N2O3. The molecule has 0 spiro atoms. The number of carbonyl (C=O) groups excluding carboxylic acids is 1. The summed E-state index contributed by atoms with van der Waals surface area (Å²) in [5.41, 5.74) is -1.13. The van der Waals surface area contributed by atoms with Crippen LogP contribution in [0.25, 0.3) is 0 Å². The second kappa shape index (κ2) is 4.99. The number of amides is 1. The molecule has 1 N–H and O–H groups in total. The summed E-state index contributed by atoms with van der Waals surface area (Å²) in [7, 11) is 1.57. The summed E-state index contributed by atoms with van der Waals surface area (Å²) in [6, 6.07) is 0. The number of alkyl halides is 3. The van der Waals surface area contributed by atoms with Crippen LogP contribution in [0.2, 0.25) is 0 Å². The molecule has 0 aromatic heterocycles. The van der Waals surface area contributed by atoms with Crippen LogP contribution in [0.15, 0.2) is 0 Å². The minimum atomic E-state index is -4.83. The third kappa shape index (κ3) is 3.17. The van der Waals surface area contributed by atoms with E-state index in [0.717, 1.165) is 0 Å². The van der Waals surface area contributed by atoms with Gasteiger partial charge >= 0.3 is 12.1 Å². The van der Waals surface area contributed by atoms with E-state index >= 15 is 0 Å². The van der Waals surface area contributed by atoms with E-state index in [4.69, 9.17) is 5.11 Å². The predicted octanol–water partition coefficient (Wildman–Crippen LogP) is 0.802. The van der Waals surface area contributed by atoms with Gasteiger partial charge in [0.25, 0.3) is 0 Å². The number of carboxylic acids is 1. The number of piperazine rings is 1. The Hall–Kier alpha value is -1.31. The van der Waals surface area contributed by atoms with E-state index in [2.05, 4.69) is 0 Å². The normalized spacial score (nSPS) is 22.4. The fourth-order valence-electron chi connectivity index (χ4n) is 2.12. The van der Waals surface area contributed by atoms with Gasteiger partial charge in [-0.2, -0.15) is 13.2 Å². The molecule has 1 fully saturated rings. The second-order valence-electron chi connectivity index (χ2n) is 5.16. The molecule has 1 aliphatic rings. The average molecular weight is 282 g/mol. The number of hydrogen-bond donors (Lipinski definition) is 1. The van der Waals surface area contributed by atoms with Crippen molar-refractivity contribution >= 4 is 11.9 Å². The smallest absolute Gasteiger partial charge is 0.403 e. The molecule has 8 heteroatoms. The molecule has 0 bridgehead atoms. The van der Waals surface area contributed by atoms with Crippen LogP contribution < -0.4 is 0 Å². The van der Waals surface area contributed by atoms with Gasteiger partial charge in [-0.1, -0.05) is 0 Å². The lowest BCUT2D eigenvalue weighted by molar-refractivity contribution is -0.200. The van der Waals surface area contributed by atoms with E-state index in [-0.39, 0.29) is 19.0 Å². The molecule has 1 heterocycles. The van der Waals surface area contributed by atoms with E-state index in [9.17, 15) is 22.8 Å². The summed E-state index contributed by atoms with van der Waals surface area (Å²) in [5.74, 6) is -4.72. The SMILES string of the molecule is CN1CCN(CC(C(=O)O)C(F)(F)F)C(C)(C)C1=O. The van der Waals surface area contributed by atoms with Gasteiger partial charge in [0.1, 0.15) is 0 Å². The highest BCUT2D eigenvalue weighted by Gasteiger charge is 2.49. The fourth-order valence-corrected chi connectivity index (χ4v) is 2.12. The van der Waals surface area contributed by atoms with E-state index < -0.39 is 30.1 Å². The molecule has 0 saturated carbocycles. The first-order valence-electron chi connectivity index (χ1n) is 5.78. The van der Waals surface area contributed by atoms with Gasteiger partial charge in [0, 0.05) is 26.7 Å². The molecule has 0 aliphatic carbocycles. The van der Waals surface area contributed by atoms with Gasteiger partial charge in [0.15, 0.2) is 5.92 Å². The monoisotopic (exact) mass is 282 g/mol. The molecule has 1 amide bonds. The van der Waals surface area contributed by atoms with Crippen molar-refractivity contribution in [2.24, 2.45) is 5.92 Å². The van der Waals surface area contributed by atoms with Crippen LogP contribution in [-0.2, 0) is 9.59 Å². The Kier molecular flexibility index (Phi) is 4.14. The second-order valence-corrected chi connectivity index (χ2v) is 5.16. The number of aliphatic carboxylic acids is 1. The maximum absolute atomic E-state index is 12.6. The van der Waals surface area contributed by atoms with Gasteiger partial charge in [-0.25, -0.2) is 0 Å². The van der Waals surface area contributed by atoms with Crippen LogP contribution in [0, 0.1) is 5.92 Å². The number of hydrogen-bond acceptors (Lipinski definition) is 3. The van der Waals surface area contributed by atoms with E-state index in [1.165, 1.54) is 23.6 Å². The molecule has 1 atom stereocenters. The van der Waals surface area contributed by atoms with Crippen LogP contribution in [0.3, 0.4) is 0 Å². The fraction of sp³-hybridized carbons (Fsp3) is 0.818. The van der Waals surface area contributed by atoms with Crippen molar-refractivity contribution in [3.8, 4) is 0 Å². The molecule has 0 radical (unpaired) electrons. The average Bonchev–Trinajstić information content (AvgIpc) is 2.23. The summed E-state index contributed by atoms with van der Waals surface area (Å²) < 4.78 is 37.9.